The van der Waals surface area contributed by atoms with Crippen LogP contribution in [0.2, 0.25) is 0 Å². The zero-order chi connectivity index (χ0) is 25.7. The predicted molar refractivity (Wildman–Crippen MR) is 144 cm³/mol. The van der Waals surface area contributed by atoms with Crippen molar-refractivity contribution in [1.82, 2.24) is 9.99 Å². The number of benzene rings is 2. The van der Waals surface area contributed by atoms with Crippen LogP contribution in [-0.2, 0) is 4.79 Å². The average molecular weight is 527 g/mol. The maximum Gasteiger partial charge on any atom is 0.277 e. The first-order chi connectivity index (χ1) is 17.4. The van der Waals surface area contributed by atoms with Crippen LogP contribution in [0.15, 0.2) is 53.6 Å². The molecule has 9 nitrogen and oxygen atoms in total. The van der Waals surface area contributed by atoms with Gasteiger partial charge in [0.1, 0.15) is 11.5 Å². The van der Waals surface area contributed by atoms with Crippen LogP contribution in [0.3, 0.4) is 0 Å². The van der Waals surface area contributed by atoms with E-state index in [9.17, 15) is 14.9 Å². The number of nitro groups is 1. The number of hydrogen-bond donors (Lipinski definition) is 1. The van der Waals surface area contributed by atoms with Crippen molar-refractivity contribution in [3.8, 4) is 17.2 Å². The number of non-ortho nitro benzene ring substituents is 1. The molecular weight excluding hydrogens is 500 g/mol. The van der Waals surface area contributed by atoms with E-state index in [0.717, 1.165) is 17.0 Å². The molecule has 1 N–H and O–H groups in total. The van der Waals surface area contributed by atoms with Crippen LogP contribution in [-0.4, -0.2) is 46.8 Å². The summed E-state index contributed by atoms with van der Waals surface area (Å²) >= 11 is 3.88. The van der Waals surface area contributed by atoms with E-state index in [1.165, 1.54) is 36.3 Å². The molecule has 2 heterocycles. The molecule has 0 saturated carbocycles. The normalized spacial score (nSPS) is 13.8. The monoisotopic (exact) mass is 526 g/mol. The molecule has 0 aliphatic carbocycles. The zero-order valence-corrected chi connectivity index (χ0v) is 21.7. The van der Waals surface area contributed by atoms with Crippen molar-refractivity contribution in [3.05, 3.63) is 81.2 Å². The maximum absolute atomic E-state index is 12.2. The summed E-state index contributed by atoms with van der Waals surface area (Å²) in [4.78, 5) is 22.8. The Labute approximate surface area is 217 Å². The number of aryl methyl sites for hydroxylation is 1. The summed E-state index contributed by atoms with van der Waals surface area (Å²) in [6, 6.07) is 14.2. The molecule has 1 aliphatic rings. The fourth-order valence-electron chi connectivity index (χ4n) is 3.88. The Kier molecular flexibility index (Phi) is 8.21. The van der Waals surface area contributed by atoms with Crippen molar-refractivity contribution >= 4 is 41.3 Å². The topological polar surface area (TPSA) is 108 Å². The van der Waals surface area contributed by atoms with E-state index in [1.807, 2.05) is 72.3 Å². The number of thioether (sulfide) groups is 2. The Morgan fingerprint density at radius 3 is 2.58 bits per heavy atom. The third-order valence-corrected chi connectivity index (χ3v) is 8.73. The number of aromatic nitrogens is 1. The van der Waals surface area contributed by atoms with Gasteiger partial charge in [0, 0.05) is 34.5 Å². The maximum atomic E-state index is 12.2. The molecule has 0 atom stereocenters. The van der Waals surface area contributed by atoms with E-state index in [0.29, 0.717) is 21.8 Å². The number of nitro benzene ring substituents is 1. The molecule has 1 aromatic heterocycles. The molecule has 11 heteroatoms. The smallest absolute Gasteiger partial charge is 0.277 e. The molecule has 0 radical (unpaired) electrons. The van der Waals surface area contributed by atoms with Gasteiger partial charge in [-0.25, -0.2) is 5.43 Å². The number of hydrogen-bond acceptors (Lipinski definition) is 8. The van der Waals surface area contributed by atoms with Gasteiger partial charge in [-0.05, 0) is 43.7 Å². The van der Waals surface area contributed by atoms with E-state index in [2.05, 4.69) is 10.5 Å². The SMILES string of the molecule is COc1cc([N+](=O)[O-])ccc1-n1c(C)cc(/C=N\NC(=O)COc2ccc(C3SCCS3)cc2)c1C. The van der Waals surface area contributed by atoms with Crippen LogP contribution >= 0.6 is 23.5 Å². The zero-order valence-electron chi connectivity index (χ0n) is 20.1. The highest BCUT2D eigenvalue weighted by molar-refractivity contribution is 8.19. The van der Waals surface area contributed by atoms with Crippen LogP contribution < -0.4 is 14.9 Å². The lowest BCUT2D eigenvalue weighted by Crippen LogP contribution is -2.24. The van der Waals surface area contributed by atoms with Crippen molar-refractivity contribution in [3.63, 3.8) is 0 Å². The van der Waals surface area contributed by atoms with E-state index in [1.54, 1.807) is 12.3 Å². The average Bonchev–Trinajstić information content (AvgIpc) is 3.51. The summed E-state index contributed by atoms with van der Waals surface area (Å²) in [5.74, 6) is 2.98. The van der Waals surface area contributed by atoms with Crippen LogP contribution in [0.5, 0.6) is 11.5 Å². The van der Waals surface area contributed by atoms with Gasteiger partial charge < -0.3 is 14.0 Å². The van der Waals surface area contributed by atoms with Crippen LogP contribution in [0.25, 0.3) is 5.69 Å². The predicted octanol–water partition coefficient (Wildman–Crippen LogP) is 5.02. The Hall–Kier alpha value is -3.44. The number of carbonyl (C=O) groups is 1. The van der Waals surface area contributed by atoms with Crippen LogP contribution in [0.4, 0.5) is 5.69 Å². The van der Waals surface area contributed by atoms with Crippen molar-refractivity contribution in [2.24, 2.45) is 5.10 Å². The van der Waals surface area contributed by atoms with Gasteiger partial charge in [-0.2, -0.15) is 5.10 Å². The molecule has 0 unspecified atom stereocenters. The molecule has 1 fully saturated rings. The van der Waals surface area contributed by atoms with Crippen molar-refractivity contribution < 1.29 is 19.2 Å². The fourth-order valence-corrected chi connectivity index (χ4v) is 6.74. The lowest BCUT2D eigenvalue weighted by atomic mass is 10.2. The summed E-state index contributed by atoms with van der Waals surface area (Å²) in [5, 5.41) is 15.2. The molecule has 4 rings (SSSR count). The fraction of sp³-hybridized carbons (Fsp3) is 0.280. The molecule has 0 spiro atoms. The third-order valence-electron chi connectivity index (χ3n) is 5.62. The first-order valence-electron chi connectivity index (χ1n) is 11.2. The summed E-state index contributed by atoms with van der Waals surface area (Å²) in [6.07, 6.45) is 1.56. The number of nitrogens with one attached hydrogen (secondary N) is 1. The van der Waals surface area contributed by atoms with Gasteiger partial charge in [-0.3, -0.25) is 14.9 Å². The highest BCUT2D eigenvalue weighted by Crippen LogP contribution is 2.45. The number of hydrazone groups is 1. The summed E-state index contributed by atoms with van der Waals surface area (Å²) in [5.41, 5.74) is 6.87. The van der Waals surface area contributed by atoms with Crippen molar-refractivity contribution in [1.29, 1.82) is 0 Å². The summed E-state index contributed by atoms with van der Waals surface area (Å²) in [6.45, 7) is 3.65. The van der Waals surface area contributed by atoms with Crippen molar-refractivity contribution in [2.75, 3.05) is 25.2 Å². The van der Waals surface area contributed by atoms with Crippen LogP contribution in [0.1, 0.15) is 27.1 Å². The number of methoxy groups -OCH3 is 1. The molecular formula is C25H26N4O5S2. The second kappa shape index (κ2) is 11.5. The highest BCUT2D eigenvalue weighted by atomic mass is 32.2. The quantitative estimate of drug-likeness (QED) is 0.237. The number of carbonyl (C=O) groups excluding carboxylic acids is 1. The van der Waals surface area contributed by atoms with Gasteiger partial charge in [0.15, 0.2) is 6.61 Å². The molecule has 36 heavy (non-hydrogen) atoms. The van der Waals surface area contributed by atoms with Gasteiger partial charge in [0.2, 0.25) is 0 Å². The van der Waals surface area contributed by atoms with Crippen molar-refractivity contribution in [2.45, 2.75) is 18.4 Å². The van der Waals surface area contributed by atoms with E-state index >= 15 is 0 Å². The largest absolute Gasteiger partial charge is 0.494 e. The number of rotatable bonds is 9. The van der Waals surface area contributed by atoms with Crippen LogP contribution in [0, 0.1) is 24.0 Å². The Morgan fingerprint density at radius 2 is 1.92 bits per heavy atom. The summed E-state index contributed by atoms with van der Waals surface area (Å²) in [7, 11) is 1.47. The second-order valence-corrected chi connectivity index (χ2v) is 10.7. The Balaban J connectivity index is 1.37. The van der Waals surface area contributed by atoms with E-state index in [-0.39, 0.29) is 18.2 Å². The minimum atomic E-state index is -0.462. The Morgan fingerprint density at radius 1 is 1.19 bits per heavy atom. The molecule has 188 valence electrons. The minimum Gasteiger partial charge on any atom is -0.494 e. The van der Waals surface area contributed by atoms with Gasteiger partial charge in [0.05, 0.1) is 34.6 Å². The molecule has 3 aromatic rings. The van der Waals surface area contributed by atoms with Gasteiger partial charge >= 0.3 is 0 Å². The molecule has 2 aromatic carbocycles. The van der Waals surface area contributed by atoms with Gasteiger partial charge in [0.25, 0.3) is 11.6 Å². The van der Waals surface area contributed by atoms with E-state index < -0.39 is 4.92 Å². The molecule has 1 amide bonds. The number of amides is 1. The second-order valence-electron chi connectivity index (χ2n) is 8.00. The standard InChI is InChI=1S/C25H26N4O5S2/c1-16-12-19(17(2)28(16)22-9-6-20(29(31)32)13-23(22)33-3)14-26-27-24(30)15-34-21-7-4-18(5-8-21)25-35-10-11-36-25/h4-9,12-14,25H,10-11,15H2,1-3H3,(H,27,30)/b26-14-. The lowest BCUT2D eigenvalue weighted by molar-refractivity contribution is -0.384. The lowest BCUT2D eigenvalue weighted by Gasteiger charge is -2.13. The first kappa shape index (κ1) is 25.6. The van der Waals surface area contributed by atoms with Gasteiger partial charge in [-0.15, -0.1) is 23.5 Å². The molecule has 1 saturated heterocycles. The third kappa shape index (κ3) is 5.85. The first-order valence-corrected chi connectivity index (χ1v) is 13.3. The van der Waals surface area contributed by atoms with Gasteiger partial charge in [-0.1, -0.05) is 12.1 Å². The Bertz CT molecular complexity index is 1280. The van der Waals surface area contributed by atoms with E-state index in [4.69, 9.17) is 9.47 Å². The number of ether oxygens (including phenoxy) is 2. The minimum absolute atomic E-state index is 0.0486. The summed E-state index contributed by atoms with van der Waals surface area (Å²) < 4.78 is 13.4. The molecule has 1 aliphatic heterocycles. The molecule has 0 bridgehead atoms. The highest BCUT2D eigenvalue weighted by Gasteiger charge is 2.18. The number of nitrogens with zero attached hydrogens (tertiary/aromatic N) is 3.